The van der Waals surface area contributed by atoms with Crippen molar-refractivity contribution in [2.45, 2.75) is 18.2 Å². The van der Waals surface area contributed by atoms with Gasteiger partial charge >= 0.3 is 0 Å². The summed E-state index contributed by atoms with van der Waals surface area (Å²) in [4.78, 5) is 12.9. The number of Topliss-reactive ketones (excluding diaryl/α,β-unsaturated/α-hetero) is 1. The third-order valence-corrected chi connectivity index (χ3v) is 4.24. The first-order valence-electron chi connectivity index (χ1n) is 7.39. The molecule has 120 valence electrons. The highest BCUT2D eigenvalue weighted by Gasteiger charge is 2.00. The first-order chi connectivity index (χ1) is 11.2. The largest absolute Gasteiger partial charge is 0.497 e. The number of hydrogen-bond donors (Lipinski definition) is 1. The predicted molar refractivity (Wildman–Crippen MR) is 96.7 cm³/mol. The van der Waals surface area contributed by atoms with Crippen molar-refractivity contribution in [3.05, 3.63) is 54.1 Å². The molecule has 2 aromatic rings. The number of nitrogens with zero attached hydrogens (tertiary/aromatic N) is 1. The molecule has 0 saturated heterocycles. The summed E-state index contributed by atoms with van der Waals surface area (Å²) in [5.41, 5.74) is 4.92. The highest BCUT2D eigenvalue weighted by atomic mass is 32.2. The highest BCUT2D eigenvalue weighted by molar-refractivity contribution is 8.00. The Balaban J connectivity index is 1.76. The Morgan fingerprint density at radius 2 is 1.87 bits per heavy atom. The van der Waals surface area contributed by atoms with Gasteiger partial charge in [0.05, 0.1) is 24.8 Å². The zero-order chi connectivity index (χ0) is 16.5. The van der Waals surface area contributed by atoms with Gasteiger partial charge in [-0.3, -0.25) is 10.2 Å². The Hall–Kier alpha value is -2.27. The molecule has 0 radical (unpaired) electrons. The van der Waals surface area contributed by atoms with E-state index >= 15 is 0 Å². The fourth-order valence-corrected chi connectivity index (χ4v) is 2.57. The molecule has 0 atom stereocenters. The van der Waals surface area contributed by atoms with Crippen LogP contribution in [0.3, 0.4) is 0 Å². The van der Waals surface area contributed by atoms with Crippen molar-refractivity contribution >= 4 is 29.4 Å². The number of thioether (sulfide) groups is 1. The maximum atomic E-state index is 11.8. The van der Waals surface area contributed by atoms with Crippen molar-refractivity contribution in [3.63, 3.8) is 0 Å². The van der Waals surface area contributed by atoms with Crippen LogP contribution in [0.4, 0.5) is 5.69 Å². The molecule has 1 N–H and O–H groups in total. The van der Waals surface area contributed by atoms with E-state index in [0.717, 1.165) is 22.8 Å². The van der Waals surface area contributed by atoms with E-state index in [-0.39, 0.29) is 5.78 Å². The molecule has 0 aliphatic carbocycles. The quantitative estimate of drug-likeness (QED) is 0.452. The van der Waals surface area contributed by atoms with Gasteiger partial charge in [-0.05, 0) is 48.4 Å². The molecule has 0 unspecified atom stereocenters. The number of carbonyl (C=O) groups excluding carboxylic acids is 1. The molecule has 0 amide bonds. The van der Waals surface area contributed by atoms with Crippen molar-refractivity contribution < 1.29 is 9.53 Å². The molecule has 0 aliphatic rings. The molecule has 2 aromatic carbocycles. The minimum absolute atomic E-state index is 0.0319. The fraction of sp³-hybridized carbons (Fsp3) is 0.222. The number of rotatable bonds is 8. The number of ketones is 1. The molecule has 2 rings (SSSR count). The molecule has 0 heterocycles. The molecule has 23 heavy (non-hydrogen) atoms. The molecule has 0 aromatic heterocycles. The van der Waals surface area contributed by atoms with Gasteiger partial charge in [0.25, 0.3) is 0 Å². The first kappa shape index (κ1) is 17.1. The molecule has 0 saturated carbocycles. The third kappa shape index (κ3) is 5.79. The Kier molecular flexibility index (Phi) is 6.69. The lowest BCUT2D eigenvalue weighted by Gasteiger charge is -2.02. The highest BCUT2D eigenvalue weighted by Crippen LogP contribution is 2.18. The number of hydrazone groups is 1. The zero-order valence-electron chi connectivity index (χ0n) is 13.3. The molecule has 0 bridgehead atoms. The summed E-state index contributed by atoms with van der Waals surface area (Å²) in [6.45, 7) is 2.12. The second-order valence-corrected chi connectivity index (χ2v) is 5.90. The summed E-state index contributed by atoms with van der Waals surface area (Å²) in [5, 5.41) is 3.96. The van der Waals surface area contributed by atoms with Crippen molar-refractivity contribution in [1.82, 2.24) is 0 Å². The summed E-state index contributed by atoms with van der Waals surface area (Å²) >= 11 is 1.51. The van der Waals surface area contributed by atoms with Crippen molar-refractivity contribution in [2.24, 2.45) is 5.10 Å². The smallest absolute Gasteiger partial charge is 0.185 e. The molecule has 4 nitrogen and oxygen atoms in total. The maximum absolute atomic E-state index is 11.8. The summed E-state index contributed by atoms with van der Waals surface area (Å²) < 4.78 is 5.08. The minimum atomic E-state index is -0.0319. The van der Waals surface area contributed by atoms with E-state index < -0.39 is 0 Å². The van der Waals surface area contributed by atoms with Crippen molar-refractivity contribution in [2.75, 3.05) is 18.3 Å². The SMILES string of the molecule is CCc1ccc(SCC(=O)C=NNc2ccc(OC)cc2)cc1. The van der Waals surface area contributed by atoms with Crippen LogP contribution in [-0.2, 0) is 11.2 Å². The van der Waals surface area contributed by atoms with Crippen molar-refractivity contribution in [1.29, 1.82) is 0 Å². The van der Waals surface area contributed by atoms with E-state index in [1.54, 1.807) is 7.11 Å². The standard InChI is InChI=1S/C18H20N2O2S/c1-3-14-4-10-18(11-5-14)23-13-16(21)12-19-20-15-6-8-17(22-2)9-7-15/h4-12,20H,3,13H2,1-2H3. The molecule has 5 heteroatoms. The van der Waals surface area contributed by atoms with Crippen LogP contribution in [0.1, 0.15) is 12.5 Å². The number of hydrogen-bond acceptors (Lipinski definition) is 5. The van der Waals surface area contributed by atoms with Gasteiger partial charge in [-0.1, -0.05) is 19.1 Å². The van der Waals surface area contributed by atoms with Gasteiger partial charge in [0, 0.05) is 4.90 Å². The summed E-state index contributed by atoms with van der Waals surface area (Å²) in [6, 6.07) is 15.6. The summed E-state index contributed by atoms with van der Waals surface area (Å²) in [5.74, 6) is 1.12. The van der Waals surface area contributed by atoms with Crippen LogP contribution in [0, 0.1) is 0 Å². The van der Waals surface area contributed by atoms with Gasteiger partial charge < -0.3 is 4.74 Å². The minimum Gasteiger partial charge on any atom is -0.497 e. The number of anilines is 1. The van der Waals surface area contributed by atoms with Gasteiger partial charge in [0.15, 0.2) is 5.78 Å². The van der Waals surface area contributed by atoms with E-state index in [4.69, 9.17) is 4.74 Å². The summed E-state index contributed by atoms with van der Waals surface area (Å²) in [7, 11) is 1.62. The van der Waals surface area contributed by atoms with Gasteiger partial charge in [0.2, 0.25) is 0 Å². The number of ether oxygens (including phenoxy) is 1. The van der Waals surface area contributed by atoms with E-state index in [9.17, 15) is 4.79 Å². The van der Waals surface area contributed by atoms with Gasteiger partial charge in [-0.2, -0.15) is 5.10 Å². The fourth-order valence-electron chi connectivity index (χ4n) is 1.86. The first-order valence-corrected chi connectivity index (χ1v) is 8.37. The number of methoxy groups -OCH3 is 1. The van der Waals surface area contributed by atoms with Crippen LogP contribution >= 0.6 is 11.8 Å². The number of aryl methyl sites for hydroxylation is 1. The Bertz CT molecular complexity index is 652. The van der Waals surface area contributed by atoms with Crippen molar-refractivity contribution in [3.8, 4) is 5.75 Å². The topological polar surface area (TPSA) is 50.7 Å². The van der Waals surface area contributed by atoms with Crippen LogP contribution in [0.5, 0.6) is 5.75 Å². The van der Waals surface area contributed by atoms with Crippen LogP contribution in [0.2, 0.25) is 0 Å². The van der Waals surface area contributed by atoms with Crippen LogP contribution in [0.25, 0.3) is 0 Å². The lowest BCUT2D eigenvalue weighted by atomic mass is 10.2. The third-order valence-electron chi connectivity index (χ3n) is 3.20. The normalized spacial score (nSPS) is 10.7. The van der Waals surface area contributed by atoms with Gasteiger partial charge in [-0.25, -0.2) is 0 Å². The molecular weight excluding hydrogens is 308 g/mol. The van der Waals surface area contributed by atoms with Gasteiger partial charge in [-0.15, -0.1) is 11.8 Å². The Morgan fingerprint density at radius 1 is 1.17 bits per heavy atom. The van der Waals surface area contributed by atoms with Crippen LogP contribution < -0.4 is 10.2 Å². The summed E-state index contributed by atoms with van der Waals surface area (Å²) in [6.07, 6.45) is 2.34. The van der Waals surface area contributed by atoms with E-state index in [1.807, 2.05) is 36.4 Å². The number of benzene rings is 2. The zero-order valence-corrected chi connectivity index (χ0v) is 14.1. The van der Waals surface area contributed by atoms with Crippen LogP contribution in [-0.4, -0.2) is 24.9 Å². The maximum Gasteiger partial charge on any atom is 0.185 e. The lowest BCUT2D eigenvalue weighted by Crippen LogP contribution is -2.04. The van der Waals surface area contributed by atoms with Gasteiger partial charge in [0.1, 0.15) is 5.75 Å². The lowest BCUT2D eigenvalue weighted by molar-refractivity contribution is -0.110. The monoisotopic (exact) mass is 328 g/mol. The van der Waals surface area contributed by atoms with E-state index in [2.05, 4.69) is 29.6 Å². The van der Waals surface area contributed by atoms with E-state index in [0.29, 0.717) is 5.75 Å². The Labute approximate surface area is 140 Å². The second-order valence-electron chi connectivity index (χ2n) is 4.85. The second kappa shape index (κ2) is 9.00. The number of carbonyl (C=O) groups is 1. The molecule has 0 spiro atoms. The van der Waals surface area contributed by atoms with E-state index in [1.165, 1.54) is 23.5 Å². The average Bonchev–Trinajstić information content (AvgIpc) is 2.61. The van der Waals surface area contributed by atoms with Crippen LogP contribution in [0.15, 0.2) is 58.5 Å². The predicted octanol–water partition coefficient (Wildman–Crippen LogP) is 4.02. The average molecular weight is 328 g/mol. The molecular formula is C18H20N2O2S. The molecule has 0 aliphatic heterocycles. The number of nitrogens with one attached hydrogen (secondary N) is 1. The molecule has 0 fully saturated rings. The Morgan fingerprint density at radius 3 is 2.48 bits per heavy atom.